The van der Waals surface area contributed by atoms with E-state index in [1.165, 1.54) is 32.4 Å². The van der Waals surface area contributed by atoms with Crippen LogP contribution < -0.4 is 15.0 Å². The van der Waals surface area contributed by atoms with E-state index >= 15 is 0 Å². The second kappa shape index (κ2) is 10.4. The summed E-state index contributed by atoms with van der Waals surface area (Å²) in [7, 11) is 0. The molecule has 1 aliphatic heterocycles. The van der Waals surface area contributed by atoms with Gasteiger partial charge in [-0.2, -0.15) is 0 Å². The molecule has 1 amide bonds. The summed E-state index contributed by atoms with van der Waals surface area (Å²) in [6.07, 6.45) is 5.04. The van der Waals surface area contributed by atoms with Gasteiger partial charge in [0.25, 0.3) is 5.91 Å². The average Bonchev–Trinajstić information content (AvgIpc) is 2.82. The molecule has 2 aromatic carbocycles. The maximum absolute atomic E-state index is 13.1. The molecule has 0 radical (unpaired) electrons. The SMILES string of the molecule is CCOc1ccc(-c2cc(C(=O)NCCC[NH+]3CCCCC3)c3ccccc3n2)cc1. The van der Waals surface area contributed by atoms with E-state index in [4.69, 9.17) is 9.72 Å². The first-order chi connectivity index (χ1) is 15.2. The van der Waals surface area contributed by atoms with Crippen molar-refractivity contribution in [2.45, 2.75) is 32.6 Å². The second-order valence-corrected chi connectivity index (χ2v) is 8.20. The molecule has 0 spiro atoms. The van der Waals surface area contributed by atoms with Crippen molar-refractivity contribution in [1.82, 2.24) is 10.3 Å². The van der Waals surface area contributed by atoms with E-state index in [-0.39, 0.29) is 5.91 Å². The van der Waals surface area contributed by atoms with Gasteiger partial charge in [-0.05, 0) is 62.6 Å². The van der Waals surface area contributed by atoms with E-state index in [0.29, 0.717) is 18.7 Å². The smallest absolute Gasteiger partial charge is 0.252 e. The number of hydrogen-bond donors (Lipinski definition) is 2. The van der Waals surface area contributed by atoms with Gasteiger partial charge < -0.3 is 15.0 Å². The number of nitrogens with zero attached hydrogens (tertiary/aromatic N) is 1. The molecular formula is C26H32N3O2+. The minimum atomic E-state index is -0.0283. The van der Waals surface area contributed by atoms with Crippen molar-refractivity contribution in [3.05, 3.63) is 60.2 Å². The molecule has 1 fully saturated rings. The Morgan fingerprint density at radius 3 is 2.61 bits per heavy atom. The quantitative estimate of drug-likeness (QED) is 0.551. The van der Waals surface area contributed by atoms with Crippen molar-refractivity contribution in [3.8, 4) is 17.0 Å². The maximum atomic E-state index is 13.1. The zero-order valence-electron chi connectivity index (χ0n) is 18.3. The number of ether oxygens (including phenoxy) is 1. The minimum absolute atomic E-state index is 0.0283. The lowest BCUT2D eigenvalue weighted by Crippen LogP contribution is -3.12. The predicted octanol–water partition coefficient (Wildman–Crippen LogP) is 3.49. The Hall–Kier alpha value is -2.92. The molecule has 2 heterocycles. The van der Waals surface area contributed by atoms with E-state index < -0.39 is 0 Å². The summed E-state index contributed by atoms with van der Waals surface area (Å²) in [4.78, 5) is 19.5. The Morgan fingerprint density at radius 2 is 1.84 bits per heavy atom. The summed E-state index contributed by atoms with van der Waals surface area (Å²) in [5, 5.41) is 4.02. The molecule has 5 heteroatoms. The number of aromatic nitrogens is 1. The Balaban J connectivity index is 1.49. The Labute approximate surface area is 184 Å². The Kier molecular flexibility index (Phi) is 7.15. The molecule has 2 N–H and O–H groups in total. The first kappa shape index (κ1) is 21.3. The number of piperidine rings is 1. The number of fused-ring (bicyclic) bond motifs is 1. The van der Waals surface area contributed by atoms with E-state index in [2.05, 4.69) is 5.32 Å². The summed E-state index contributed by atoms with van der Waals surface area (Å²) in [6.45, 7) is 6.99. The lowest BCUT2D eigenvalue weighted by molar-refractivity contribution is -0.904. The molecule has 3 aromatic rings. The van der Waals surface area contributed by atoms with Gasteiger partial charge in [0.2, 0.25) is 0 Å². The number of pyridine rings is 1. The highest BCUT2D eigenvalue weighted by Gasteiger charge is 2.15. The number of rotatable bonds is 8. The number of hydrogen-bond acceptors (Lipinski definition) is 3. The van der Waals surface area contributed by atoms with Gasteiger partial charge in [-0.1, -0.05) is 18.2 Å². The van der Waals surface area contributed by atoms with Gasteiger partial charge in [0, 0.05) is 23.9 Å². The molecule has 0 bridgehead atoms. The van der Waals surface area contributed by atoms with Crippen LogP contribution in [0.4, 0.5) is 0 Å². The van der Waals surface area contributed by atoms with Gasteiger partial charge in [0.15, 0.2) is 0 Å². The largest absolute Gasteiger partial charge is 0.494 e. The number of carbonyl (C=O) groups excluding carboxylic acids is 1. The fourth-order valence-corrected chi connectivity index (χ4v) is 4.34. The average molecular weight is 419 g/mol. The fourth-order valence-electron chi connectivity index (χ4n) is 4.34. The molecular weight excluding hydrogens is 386 g/mol. The van der Waals surface area contributed by atoms with Crippen molar-refractivity contribution < 1.29 is 14.4 Å². The first-order valence-electron chi connectivity index (χ1n) is 11.5. The van der Waals surface area contributed by atoms with Crippen LogP contribution in [0.15, 0.2) is 54.6 Å². The molecule has 1 aromatic heterocycles. The molecule has 1 aliphatic rings. The second-order valence-electron chi connectivity index (χ2n) is 8.20. The molecule has 4 rings (SSSR count). The third-order valence-corrected chi connectivity index (χ3v) is 5.98. The van der Waals surface area contributed by atoms with Gasteiger partial charge in [-0.15, -0.1) is 0 Å². The number of para-hydroxylation sites is 1. The molecule has 162 valence electrons. The number of quaternary nitrogens is 1. The van der Waals surface area contributed by atoms with Crippen LogP contribution in [0.25, 0.3) is 22.2 Å². The molecule has 5 nitrogen and oxygen atoms in total. The summed E-state index contributed by atoms with van der Waals surface area (Å²) in [6, 6.07) is 17.6. The fraction of sp³-hybridized carbons (Fsp3) is 0.385. The van der Waals surface area contributed by atoms with Crippen LogP contribution in [0.5, 0.6) is 5.75 Å². The first-order valence-corrected chi connectivity index (χ1v) is 11.5. The van der Waals surface area contributed by atoms with Crippen LogP contribution in [0.3, 0.4) is 0 Å². The van der Waals surface area contributed by atoms with Crippen LogP contribution in [-0.2, 0) is 0 Å². The van der Waals surface area contributed by atoms with Crippen molar-refractivity contribution in [2.75, 3.05) is 32.8 Å². The summed E-state index contributed by atoms with van der Waals surface area (Å²) < 4.78 is 5.54. The van der Waals surface area contributed by atoms with Crippen molar-refractivity contribution in [1.29, 1.82) is 0 Å². The summed E-state index contributed by atoms with van der Waals surface area (Å²) >= 11 is 0. The molecule has 0 saturated carbocycles. The highest BCUT2D eigenvalue weighted by Crippen LogP contribution is 2.26. The Morgan fingerprint density at radius 1 is 1.06 bits per heavy atom. The van der Waals surface area contributed by atoms with Gasteiger partial charge >= 0.3 is 0 Å². The normalized spacial score (nSPS) is 14.5. The van der Waals surface area contributed by atoms with Crippen molar-refractivity contribution in [3.63, 3.8) is 0 Å². The van der Waals surface area contributed by atoms with E-state index in [1.807, 2.05) is 61.5 Å². The lowest BCUT2D eigenvalue weighted by Gasteiger charge is -2.23. The van der Waals surface area contributed by atoms with Crippen LogP contribution in [-0.4, -0.2) is 43.7 Å². The Bertz CT molecular complexity index is 1010. The number of nitrogens with one attached hydrogen (secondary N) is 2. The van der Waals surface area contributed by atoms with Crippen LogP contribution in [0, 0.1) is 0 Å². The minimum Gasteiger partial charge on any atom is -0.494 e. The third kappa shape index (κ3) is 5.42. The number of likely N-dealkylation sites (tertiary alicyclic amines) is 1. The van der Waals surface area contributed by atoms with E-state index in [9.17, 15) is 4.79 Å². The zero-order valence-corrected chi connectivity index (χ0v) is 18.3. The monoisotopic (exact) mass is 418 g/mol. The standard InChI is InChI=1S/C26H31N3O2/c1-2-31-21-13-11-20(12-14-21)25-19-23(22-9-4-5-10-24(22)28-25)26(30)27-15-8-18-29-16-6-3-7-17-29/h4-5,9-14,19H,2-3,6-8,15-18H2,1H3,(H,27,30)/p+1. The number of benzene rings is 2. The predicted molar refractivity (Wildman–Crippen MR) is 125 cm³/mol. The lowest BCUT2D eigenvalue weighted by atomic mass is 10.0. The van der Waals surface area contributed by atoms with E-state index in [0.717, 1.165) is 40.9 Å². The highest BCUT2D eigenvalue weighted by molar-refractivity contribution is 6.07. The molecule has 0 atom stereocenters. The van der Waals surface area contributed by atoms with Crippen LogP contribution >= 0.6 is 0 Å². The number of amides is 1. The summed E-state index contributed by atoms with van der Waals surface area (Å²) in [5.74, 6) is 0.806. The molecule has 1 saturated heterocycles. The number of carbonyl (C=O) groups is 1. The van der Waals surface area contributed by atoms with E-state index in [1.54, 1.807) is 4.90 Å². The topological polar surface area (TPSA) is 55.7 Å². The summed E-state index contributed by atoms with van der Waals surface area (Å²) in [5.41, 5.74) is 3.28. The van der Waals surface area contributed by atoms with Crippen molar-refractivity contribution in [2.24, 2.45) is 0 Å². The van der Waals surface area contributed by atoms with Crippen molar-refractivity contribution >= 4 is 16.8 Å². The molecule has 0 unspecified atom stereocenters. The van der Waals surface area contributed by atoms with Crippen LogP contribution in [0.2, 0.25) is 0 Å². The zero-order chi connectivity index (χ0) is 21.5. The van der Waals surface area contributed by atoms with Gasteiger partial charge in [-0.25, -0.2) is 4.98 Å². The van der Waals surface area contributed by atoms with Crippen LogP contribution in [0.1, 0.15) is 43.0 Å². The third-order valence-electron chi connectivity index (χ3n) is 5.98. The van der Waals surface area contributed by atoms with Gasteiger partial charge in [0.1, 0.15) is 5.75 Å². The molecule has 31 heavy (non-hydrogen) atoms. The molecule has 0 aliphatic carbocycles. The van der Waals surface area contributed by atoms with Gasteiger partial charge in [-0.3, -0.25) is 4.79 Å². The highest BCUT2D eigenvalue weighted by atomic mass is 16.5. The van der Waals surface area contributed by atoms with Gasteiger partial charge in [0.05, 0.1) is 43.0 Å². The maximum Gasteiger partial charge on any atom is 0.252 e.